The molecule has 0 aromatic heterocycles. The van der Waals surface area contributed by atoms with E-state index in [1.165, 1.54) is 32.1 Å². The molecule has 5 aliphatic carbocycles. The number of rotatable bonds is 1. The normalized spacial score (nSPS) is 56.9. The van der Waals surface area contributed by atoms with E-state index in [1.807, 2.05) is 13.8 Å². The monoisotopic (exact) mass is 444 g/mol. The van der Waals surface area contributed by atoms with Crippen LogP contribution in [0.5, 0.6) is 0 Å². The number of fused-ring (bicyclic) bond motifs is 7. The van der Waals surface area contributed by atoms with Crippen molar-refractivity contribution in [3.8, 4) is 0 Å². The Balaban J connectivity index is 1.58. The second kappa shape index (κ2) is 6.42. The Bertz CT molecular complexity index is 825. The molecule has 32 heavy (non-hydrogen) atoms. The molecule has 0 aromatic carbocycles. The van der Waals surface area contributed by atoms with Gasteiger partial charge in [0.1, 0.15) is 6.10 Å². The largest absolute Gasteiger partial charge is 0.390 e. The fourth-order valence-corrected chi connectivity index (χ4v) is 11.3. The molecule has 0 aliphatic heterocycles. The number of hydrogen-bond donors (Lipinski definition) is 2. The number of Topliss-reactive ketones (excluding diaryl/α,β-unsaturated/α-hetero) is 1. The van der Waals surface area contributed by atoms with Crippen LogP contribution in [0.1, 0.15) is 107 Å². The van der Waals surface area contributed by atoms with Crippen LogP contribution in [0.15, 0.2) is 0 Å². The number of aliphatic hydroxyl groups excluding tert-OH is 1. The van der Waals surface area contributed by atoms with Crippen molar-refractivity contribution in [2.24, 2.45) is 56.7 Å². The molecule has 3 nitrogen and oxygen atoms in total. The highest BCUT2D eigenvalue weighted by Crippen LogP contribution is 2.77. The summed E-state index contributed by atoms with van der Waals surface area (Å²) in [6.07, 6.45) is 8.62. The Labute approximate surface area is 196 Å². The molecule has 5 rings (SSSR count). The van der Waals surface area contributed by atoms with E-state index in [0.29, 0.717) is 29.1 Å². The van der Waals surface area contributed by atoms with Crippen molar-refractivity contribution in [3.63, 3.8) is 0 Å². The van der Waals surface area contributed by atoms with Crippen LogP contribution in [0.25, 0.3) is 0 Å². The van der Waals surface area contributed by atoms with Crippen LogP contribution in [0.2, 0.25) is 0 Å². The van der Waals surface area contributed by atoms with Crippen LogP contribution < -0.4 is 0 Å². The molecular formula is C29H48O3. The Hall–Kier alpha value is -0.410. The summed E-state index contributed by atoms with van der Waals surface area (Å²) in [5, 5.41) is 22.5. The standard InChI is InChI=1S/C29H48O3/c1-24(2)19-12-14-28(7)20(29(19,8)23(31)22(24)30)10-9-18-21-17(25(3,4)32)11-13-26(21,5)15-16-27(18,28)6/h17-21,23,31-32H,9-16H2,1-8H3. The molecule has 0 radical (unpaired) electrons. The van der Waals surface area contributed by atoms with Gasteiger partial charge >= 0.3 is 0 Å². The van der Waals surface area contributed by atoms with Crippen molar-refractivity contribution < 1.29 is 15.0 Å². The summed E-state index contributed by atoms with van der Waals surface area (Å²) in [4.78, 5) is 13.2. The molecule has 10 unspecified atom stereocenters. The van der Waals surface area contributed by atoms with Gasteiger partial charge in [-0.3, -0.25) is 4.79 Å². The van der Waals surface area contributed by atoms with Gasteiger partial charge in [0.2, 0.25) is 0 Å². The van der Waals surface area contributed by atoms with E-state index >= 15 is 0 Å². The van der Waals surface area contributed by atoms with Gasteiger partial charge in [-0.1, -0.05) is 41.5 Å². The molecule has 0 aromatic rings. The maximum atomic E-state index is 13.2. The number of aliphatic hydroxyl groups is 2. The summed E-state index contributed by atoms with van der Waals surface area (Å²) >= 11 is 0. The third kappa shape index (κ3) is 2.49. The number of carbonyl (C=O) groups is 1. The predicted octanol–water partition coefficient (Wildman–Crippen LogP) is 6.01. The lowest BCUT2D eigenvalue weighted by Gasteiger charge is -2.70. The minimum Gasteiger partial charge on any atom is -0.390 e. The number of carbonyl (C=O) groups excluding carboxylic acids is 1. The maximum absolute atomic E-state index is 13.2. The van der Waals surface area contributed by atoms with E-state index in [2.05, 4.69) is 41.5 Å². The molecule has 10 atom stereocenters. The third-order valence-electron chi connectivity index (χ3n) is 13.3. The van der Waals surface area contributed by atoms with Gasteiger partial charge in [-0.25, -0.2) is 0 Å². The molecule has 5 saturated carbocycles. The molecule has 0 bridgehead atoms. The second-order valence-electron chi connectivity index (χ2n) is 15.0. The molecule has 0 heterocycles. The minimum absolute atomic E-state index is 0.0793. The maximum Gasteiger partial charge on any atom is 0.167 e. The fraction of sp³-hybridized carbons (Fsp3) is 0.966. The summed E-state index contributed by atoms with van der Waals surface area (Å²) in [6, 6.07) is 0. The first-order valence-electron chi connectivity index (χ1n) is 13.5. The second-order valence-corrected chi connectivity index (χ2v) is 15.0. The molecular weight excluding hydrogens is 396 g/mol. The zero-order valence-corrected chi connectivity index (χ0v) is 21.9. The lowest BCUT2D eigenvalue weighted by atomic mass is 9.34. The van der Waals surface area contributed by atoms with Crippen molar-refractivity contribution in [1.29, 1.82) is 0 Å². The van der Waals surface area contributed by atoms with E-state index in [0.717, 1.165) is 19.3 Å². The molecule has 0 saturated heterocycles. The lowest BCUT2D eigenvalue weighted by Crippen LogP contribution is -2.65. The van der Waals surface area contributed by atoms with Crippen LogP contribution >= 0.6 is 0 Å². The van der Waals surface area contributed by atoms with Crippen LogP contribution in [0, 0.1) is 56.7 Å². The molecule has 5 aliphatic rings. The van der Waals surface area contributed by atoms with Gasteiger partial charge in [-0.2, -0.15) is 0 Å². The number of hydrogen-bond acceptors (Lipinski definition) is 3. The third-order valence-corrected chi connectivity index (χ3v) is 13.3. The first kappa shape index (κ1) is 23.3. The van der Waals surface area contributed by atoms with E-state index in [4.69, 9.17) is 0 Å². The molecule has 3 heteroatoms. The summed E-state index contributed by atoms with van der Waals surface area (Å²) in [7, 11) is 0. The highest BCUT2D eigenvalue weighted by molar-refractivity contribution is 5.92. The summed E-state index contributed by atoms with van der Waals surface area (Å²) in [5.41, 5.74) is -0.665. The average Bonchev–Trinajstić information content (AvgIpc) is 3.10. The summed E-state index contributed by atoms with van der Waals surface area (Å²) in [6.45, 7) is 18.1. The topological polar surface area (TPSA) is 57.5 Å². The molecule has 2 N–H and O–H groups in total. The van der Waals surface area contributed by atoms with Gasteiger partial charge in [0, 0.05) is 10.8 Å². The highest BCUT2D eigenvalue weighted by atomic mass is 16.3. The van der Waals surface area contributed by atoms with E-state index in [9.17, 15) is 15.0 Å². The van der Waals surface area contributed by atoms with Crippen molar-refractivity contribution in [1.82, 2.24) is 0 Å². The lowest BCUT2D eigenvalue weighted by molar-refractivity contribution is -0.233. The fourth-order valence-electron chi connectivity index (χ4n) is 11.3. The van der Waals surface area contributed by atoms with Crippen molar-refractivity contribution in [3.05, 3.63) is 0 Å². The molecule has 0 amide bonds. The predicted molar refractivity (Wildman–Crippen MR) is 128 cm³/mol. The van der Waals surface area contributed by atoms with Gasteiger partial charge in [-0.15, -0.1) is 0 Å². The molecule has 0 spiro atoms. The van der Waals surface area contributed by atoms with E-state index < -0.39 is 17.1 Å². The van der Waals surface area contributed by atoms with Crippen LogP contribution in [-0.2, 0) is 4.79 Å². The Morgan fingerprint density at radius 3 is 2.09 bits per heavy atom. The number of ketones is 1. The quantitative estimate of drug-likeness (QED) is 0.521. The highest BCUT2D eigenvalue weighted by Gasteiger charge is 2.74. The Kier molecular flexibility index (Phi) is 4.68. The van der Waals surface area contributed by atoms with Crippen LogP contribution in [-0.4, -0.2) is 27.7 Å². The van der Waals surface area contributed by atoms with Crippen LogP contribution in [0.4, 0.5) is 0 Å². The van der Waals surface area contributed by atoms with Crippen LogP contribution in [0.3, 0.4) is 0 Å². The summed E-state index contributed by atoms with van der Waals surface area (Å²) < 4.78 is 0. The first-order chi connectivity index (χ1) is 14.5. The van der Waals surface area contributed by atoms with Gasteiger partial charge < -0.3 is 10.2 Å². The average molecular weight is 445 g/mol. The summed E-state index contributed by atoms with van der Waals surface area (Å²) in [5.74, 6) is 2.33. The van der Waals surface area contributed by atoms with Gasteiger partial charge in [0.15, 0.2) is 5.78 Å². The zero-order chi connectivity index (χ0) is 23.7. The zero-order valence-electron chi connectivity index (χ0n) is 21.9. The molecule has 5 fully saturated rings. The van der Waals surface area contributed by atoms with Crippen molar-refractivity contribution >= 4 is 5.78 Å². The van der Waals surface area contributed by atoms with E-state index in [1.54, 1.807) is 0 Å². The van der Waals surface area contributed by atoms with Crippen molar-refractivity contribution in [2.45, 2.75) is 118 Å². The van der Waals surface area contributed by atoms with E-state index in [-0.39, 0.29) is 27.9 Å². The van der Waals surface area contributed by atoms with Crippen molar-refractivity contribution in [2.75, 3.05) is 0 Å². The van der Waals surface area contributed by atoms with Gasteiger partial charge in [0.05, 0.1) is 5.60 Å². The minimum atomic E-state index is -0.822. The Morgan fingerprint density at radius 1 is 0.812 bits per heavy atom. The SMILES string of the molecule is CC(C)(O)C1CCC2(C)CCC3(C)C(CCC4C5(C)C(O)C(=O)C(C)(C)C5CCC43C)C12. The van der Waals surface area contributed by atoms with Gasteiger partial charge in [-0.05, 0) is 111 Å². The molecule has 182 valence electrons. The first-order valence-corrected chi connectivity index (χ1v) is 13.5. The smallest absolute Gasteiger partial charge is 0.167 e. The Morgan fingerprint density at radius 2 is 1.47 bits per heavy atom. The van der Waals surface area contributed by atoms with Gasteiger partial charge in [0.25, 0.3) is 0 Å².